The summed E-state index contributed by atoms with van der Waals surface area (Å²) in [6, 6.07) is 4.24. The summed E-state index contributed by atoms with van der Waals surface area (Å²) in [6.45, 7) is 2.58. The summed E-state index contributed by atoms with van der Waals surface area (Å²) in [5.41, 5.74) is 0.331. The molecule has 142 valence electrons. The minimum absolute atomic E-state index is 0.0199. The van der Waals surface area contributed by atoms with Crippen LogP contribution >= 0.6 is 0 Å². The van der Waals surface area contributed by atoms with Crippen LogP contribution in [0.5, 0.6) is 0 Å². The molecule has 0 unspecified atom stereocenters. The van der Waals surface area contributed by atoms with Gasteiger partial charge in [0.05, 0.1) is 11.5 Å². The third-order valence-electron chi connectivity index (χ3n) is 4.16. The molecule has 1 aromatic rings. The second kappa shape index (κ2) is 9.71. The number of rotatable bonds is 9. The fraction of sp³-hybridized carbons (Fsp3) is 0.529. The van der Waals surface area contributed by atoms with Crippen LogP contribution in [0.15, 0.2) is 18.2 Å². The van der Waals surface area contributed by atoms with Gasteiger partial charge in [0.1, 0.15) is 5.69 Å². The molecule has 0 aromatic heterocycles. The molecule has 9 nitrogen and oxygen atoms in total. The minimum atomic E-state index is -0.539. The van der Waals surface area contributed by atoms with Crippen LogP contribution in [0.1, 0.15) is 29.6 Å². The average Bonchev–Trinajstić information content (AvgIpc) is 3.16. The summed E-state index contributed by atoms with van der Waals surface area (Å²) in [6.07, 6.45) is 2.27. The van der Waals surface area contributed by atoms with Crippen LogP contribution in [0.25, 0.3) is 0 Å². The summed E-state index contributed by atoms with van der Waals surface area (Å²) < 4.78 is 4.90. The minimum Gasteiger partial charge on any atom is -0.383 e. The molecule has 1 aromatic carbocycles. The van der Waals surface area contributed by atoms with E-state index in [0.717, 1.165) is 25.9 Å². The molecule has 2 rings (SSSR count). The van der Waals surface area contributed by atoms with E-state index in [9.17, 15) is 19.7 Å². The molecule has 9 heteroatoms. The Labute approximate surface area is 151 Å². The molecule has 2 N–H and O–H groups in total. The zero-order chi connectivity index (χ0) is 18.9. The van der Waals surface area contributed by atoms with Crippen molar-refractivity contribution in [2.45, 2.75) is 19.3 Å². The van der Waals surface area contributed by atoms with E-state index in [1.807, 2.05) is 0 Å². The molecule has 0 bridgehead atoms. The van der Waals surface area contributed by atoms with Crippen molar-refractivity contribution in [2.24, 2.45) is 0 Å². The maximum atomic E-state index is 12.2. The van der Waals surface area contributed by atoms with Crippen LogP contribution in [0.3, 0.4) is 0 Å². The van der Waals surface area contributed by atoms with Crippen molar-refractivity contribution in [1.29, 1.82) is 0 Å². The van der Waals surface area contributed by atoms with E-state index in [1.165, 1.54) is 25.3 Å². The molecule has 0 radical (unpaired) electrons. The highest BCUT2D eigenvalue weighted by Gasteiger charge is 2.19. The first-order chi connectivity index (χ1) is 12.5. The van der Waals surface area contributed by atoms with Crippen LogP contribution in [-0.2, 0) is 9.53 Å². The topological polar surface area (TPSA) is 114 Å². The first-order valence-electron chi connectivity index (χ1n) is 8.60. The van der Waals surface area contributed by atoms with Gasteiger partial charge in [0.15, 0.2) is 0 Å². The second-order valence-corrected chi connectivity index (χ2v) is 6.00. The number of carbonyl (C=O) groups excluding carboxylic acids is 2. The number of hydrogen-bond acceptors (Lipinski definition) is 6. The Morgan fingerprint density at radius 3 is 2.65 bits per heavy atom. The molecule has 26 heavy (non-hydrogen) atoms. The second-order valence-electron chi connectivity index (χ2n) is 6.00. The zero-order valence-electron chi connectivity index (χ0n) is 14.8. The lowest BCUT2D eigenvalue weighted by atomic mass is 10.1. The van der Waals surface area contributed by atoms with E-state index in [1.54, 1.807) is 4.90 Å². The van der Waals surface area contributed by atoms with E-state index in [-0.39, 0.29) is 30.1 Å². The number of nitro benzene ring substituents is 1. The molecule has 0 aliphatic carbocycles. The van der Waals surface area contributed by atoms with Crippen LogP contribution in [0.4, 0.5) is 11.4 Å². The molecule has 0 saturated carbocycles. The summed E-state index contributed by atoms with van der Waals surface area (Å²) in [4.78, 5) is 36.6. The van der Waals surface area contributed by atoms with Gasteiger partial charge in [-0.05, 0) is 25.0 Å². The van der Waals surface area contributed by atoms with Crippen molar-refractivity contribution >= 4 is 23.2 Å². The van der Waals surface area contributed by atoms with Crippen molar-refractivity contribution in [1.82, 2.24) is 10.2 Å². The number of nitro groups is 1. The highest BCUT2D eigenvalue weighted by Crippen LogP contribution is 2.25. The molecule has 1 heterocycles. The zero-order valence-corrected chi connectivity index (χ0v) is 14.8. The largest absolute Gasteiger partial charge is 0.383 e. The highest BCUT2D eigenvalue weighted by molar-refractivity contribution is 5.96. The number of likely N-dealkylation sites (tertiary alicyclic amines) is 1. The van der Waals surface area contributed by atoms with Gasteiger partial charge in [-0.15, -0.1) is 0 Å². The molecule has 0 spiro atoms. The SMILES string of the molecule is COCCNc1ccc(C(=O)NCCC(=O)N2CCCC2)cc1[N+](=O)[O-]. The molecule has 1 aliphatic heterocycles. The Bertz CT molecular complexity index is 659. The lowest BCUT2D eigenvalue weighted by molar-refractivity contribution is -0.384. The maximum absolute atomic E-state index is 12.2. The number of carbonyl (C=O) groups is 2. The number of benzene rings is 1. The predicted octanol–water partition coefficient (Wildman–Crippen LogP) is 1.40. The van der Waals surface area contributed by atoms with E-state index in [4.69, 9.17) is 4.74 Å². The van der Waals surface area contributed by atoms with Crippen molar-refractivity contribution in [3.8, 4) is 0 Å². The quantitative estimate of drug-likeness (QED) is 0.389. The number of amides is 2. The number of nitrogens with zero attached hydrogens (tertiary/aromatic N) is 2. The maximum Gasteiger partial charge on any atom is 0.293 e. The third-order valence-corrected chi connectivity index (χ3v) is 4.16. The Morgan fingerprint density at radius 1 is 1.27 bits per heavy atom. The van der Waals surface area contributed by atoms with Gasteiger partial charge in [-0.3, -0.25) is 19.7 Å². The van der Waals surface area contributed by atoms with Crippen LogP contribution in [0, 0.1) is 10.1 Å². The first-order valence-corrected chi connectivity index (χ1v) is 8.60. The predicted molar refractivity (Wildman–Crippen MR) is 96.2 cm³/mol. The number of methoxy groups -OCH3 is 1. The van der Waals surface area contributed by atoms with E-state index in [2.05, 4.69) is 10.6 Å². The average molecular weight is 364 g/mol. The Morgan fingerprint density at radius 2 is 2.00 bits per heavy atom. The molecule has 0 atom stereocenters. The van der Waals surface area contributed by atoms with E-state index >= 15 is 0 Å². The standard InChI is InChI=1S/C17H24N4O5/c1-26-11-8-18-14-5-4-13(12-15(14)21(24)25)17(23)19-7-6-16(22)20-9-2-3-10-20/h4-5,12,18H,2-3,6-11H2,1H3,(H,19,23). The van der Waals surface area contributed by atoms with Gasteiger partial charge in [-0.2, -0.15) is 0 Å². The normalized spacial score (nSPS) is 13.5. The summed E-state index contributed by atoms with van der Waals surface area (Å²) in [5, 5.41) is 16.8. The molecule has 1 fully saturated rings. The first kappa shape index (κ1) is 19.6. The van der Waals surface area contributed by atoms with Crippen molar-refractivity contribution < 1.29 is 19.2 Å². The Balaban J connectivity index is 1.91. The summed E-state index contributed by atoms with van der Waals surface area (Å²) in [5.74, 6) is -0.419. The summed E-state index contributed by atoms with van der Waals surface area (Å²) >= 11 is 0. The van der Waals surface area contributed by atoms with Gasteiger partial charge in [0.2, 0.25) is 5.91 Å². The molecule has 1 aliphatic rings. The van der Waals surface area contributed by atoms with Gasteiger partial charge in [0, 0.05) is 51.3 Å². The van der Waals surface area contributed by atoms with Crippen molar-refractivity contribution in [2.75, 3.05) is 45.2 Å². The number of ether oxygens (including phenoxy) is 1. The fourth-order valence-electron chi connectivity index (χ4n) is 2.77. The van der Waals surface area contributed by atoms with Crippen LogP contribution in [-0.4, -0.2) is 61.5 Å². The molecule has 2 amide bonds. The van der Waals surface area contributed by atoms with Gasteiger partial charge in [0.25, 0.3) is 11.6 Å². The monoisotopic (exact) mass is 364 g/mol. The number of nitrogens with one attached hydrogen (secondary N) is 2. The third kappa shape index (κ3) is 5.41. The molecule has 1 saturated heterocycles. The summed E-state index contributed by atoms with van der Waals surface area (Å²) in [7, 11) is 1.54. The van der Waals surface area contributed by atoms with Gasteiger partial charge < -0.3 is 20.3 Å². The van der Waals surface area contributed by atoms with Crippen molar-refractivity contribution in [3.63, 3.8) is 0 Å². The number of anilines is 1. The fourth-order valence-corrected chi connectivity index (χ4v) is 2.77. The Kier molecular flexibility index (Phi) is 7.34. The lowest BCUT2D eigenvalue weighted by Gasteiger charge is -2.15. The molecular weight excluding hydrogens is 340 g/mol. The van der Waals surface area contributed by atoms with Gasteiger partial charge in [-0.1, -0.05) is 0 Å². The van der Waals surface area contributed by atoms with Crippen LogP contribution in [0.2, 0.25) is 0 Å². The van der Waals surface area contributed by atoms with Crippen molar-refractivity contribution in [3.05, 3.63) is 33.9 Å². The van der Waals surface area contributed by atoms with E-state index in [0.29, 0.717) is 18.8 Å². The van der Waals surface area contributed by atoms with E-state index < -0.39 is 10.8 Å². The van der Waals surface area contributed by atoms with Gasteiger partial charge in [-0.25, -0.2) is 0 Å². The lowest BCUT2D eigenvalue weighted by Crippen LogP contribution is -2.32. The molecular formula is C17H24N4O5. The van der Waals surface area contributed by atoms with Crippen LogP contribution < -0.4 is 10.6 Å². The Hall–Kier alpha value is -2.68. The number of hydrogen-bond donors (Lipinski definition) is 2. The van der Waals surface area contributed by atoms with Gasteiger partial charge >= 0.3 is 0 Å². The highest BCUT2D eigenvalue weighted by atomic mass is 16.6. The smallest absolute Gasteiger partial charge is 0.293 e.